The first kappa shape index (κ1) is 10.1. The molecule has 0 aromatic heterocycles. The zero-order valence-corrected chi connectivity index (χ0v) is 8.69. The molecule has 0 bridgehead atoms. The highest BCUT2D eigenvalue weighted by molar-refractivity contribution is 6.20. The summed E-state index contributed by atoms with van der Waals surface area (Å²) in [6, 6.07) is 0. The van der Waals surface area contributed by atoms with E-state index in [1.807, 2.05) is 6.08 Å². The SMILES string of the molecule is C=CCCCC1CCC(Cl)C1C. The summed E-state index contributed by atoms with van der Waals surface area (Å²) in [6.45, 7) is 6.03. The van der Waals surface area contributed by atoms with Gasteiger partial charge in [-0.1, -0.05) is 13.0 Å². The molecule has 0 heterocycles. The highest BCUT2D eigenvalue weighted by Crippen LogP contribution is 2.38. The highest BCUT2D eigenvalue weighted by Gasteiger charge is 2.30. The van der Waals surface area contributed by atoms with Crippen molar-refractivity contribution in [3.63, 3.8) is 0 Å². The summed E-state index contributed by atoms with van der Waals surface area (Å²) in [5, 5.41) is 0.443. The number of alkyl halides is 1. The second kappa shape index (κ2) is 4.91. The van der Waals surface area contributed by atoms with Crippen LogP contribution in [0.1, 0.15) is 39.0 Å². The predicted molar refractivity (Wildman–Crippen MR) is 55.6 cm³/mol. The van der Waals surface area contributed by atoms with Crippen molar-refractivity contribution < 1.29 is 0 Å². The van der Waals surface area contributed by atoms with E-state index in [9.17, 15) is 0 Å². The van der Waals surface area contributed by atoms with Gasteiger partial charge in [-0.2, -0.15) is 0 Å². The zero-order chi connectivity index (χ0) is 8.97. The van der Waals surface area contributed by atoms with Crippen molar-refractivity contribution in [2.75, 3.05) is 0 Å². The van der Waals surface area contributed by atoms with Crippen molar-refractivity contribution in [3.05, 3.63) is 12.7 Å². The molecule has 0 aromatic rings. The first-order valence-corrected chi connectivity index (χ1v) is 5.44. The minimum Gasteiger partial charge on any atom is -0.123 e. The van der Waals surface area contributed by atoms with Gasteiger partial charge in [-0.3, -0.25) is 0 Å². The Bertz CT molecular complexity index is 142. The molecular weight excluding hydrogens is 168 g/mol. The first-order chi connectivity index (χ1) is 5.75. The molecule has 0 radical (unpaired) electrons. The largest absolute Gasteiger partial charge is 0.123 e. The number of hydrogen-bond donors (Lipinski definition) is 0. The van der Waals surface area contributed by atoms with Gasteiger partial charge in [0.25, 0.3) is 0 Å². The van der Waals surface area contributed by atoms with E-state index in [2.05, 4.69) is 13.5 Å². The molecule has 1 rings (SSSR count). The lowest BCUT2D eigenvalue weighted by Gasteiger charge is -2.16. The van der Waals surface area contributed by atoms with E-state index in [-0.39, 0.29) is 0 Å². The molecule has 12 heavy (non-hydrogen) atoms. The fourth-order valence-electron chi connectivity index (χ4n) is 2.13. The third-order valence-corrected chi connectivity index (χ3v) is 3.73. The van der Waals surface area contributed by atoms with Crippen LogP contribution in [0.25, 0.3) is 0 Å². The van der Waals surface area contributed by atoms with Crippen molar-refractivity contribution >= 4 is 11.6 Å². The molecule has 0 aromatic carbocycles. The van der Waals surface area contributed by atoms with Crippen LogP contribution in [0.4, 0.5) is 0 Å². The third-order valence-electron chi connectivity index (χ3n) is 3.11. The Hall–Kier alpha value is 0.0300. The van der Waals surface area contributed by atoms with E-state index in [0.29, 0.717) is 5.38 Å². The van der Waals surface area contributed by atoms with Crippen molar-refractivity contribution in [3.8, 4) is 0 Å². The Labute approximate surface area is 81.0 Å². The highest BCUT2D eigenvalue weighted by atomic mass is 35.5. The third kappa shape index (κ3) is 2.52. The standard InChI is InChI=1S/C11H19Cl/c1-3-4-5-6-10-7-8-11(12)9(10)2/h3,9-11H,1,4-8H2,2H3. The second-order valence-electron chi connectivity index (χ2n) is 3.93. The summed E-state index contributed by atoms with van der Waals surface area (Å²) in [6.07, 6.45) is 8.38. The molecule has 3 unspecified atom stereocenters. The van der Waals surface area contributed by atoms with Crippen molar-refractivity contribution in [2.24, 2.45) is 11.8 Å². The van der Waals surface area contributed by atoms with E-state index in [1.54, 1.807) is 0 Å². The maximum atomic E-state index is 6.15. The molecule has 1 saturated carbocycles. The van der Waals surface area contributed by atoms with Crippen molar-refractivity contribution in [1.29, 1.82) is 0 Å². The van der Waals surface area contributed by atoms with Crippen molar-refractivity contribution in [2.45, 2.75) is 44.4 Å². The normalized spacial score (nSPS) is 35.3. The van der Waals surface area contributed by atoms with Crippen LogP contribution in [-0.4, -0.2) is 5.38 Å². The monoisotopic (exact) mass is 186 g/mol. The molecule has 70 valence electrons. The molecule has 0 saturated heterocycles. The van der Waals surface area contributed by atoms with E-state index in [4.69, 9.17) is 11.6 Å². The lowest BCUT2D eigenvalue weighted by molar-refractivity contribution is 0.385. The van der Waals surface area contributed by atoms with Gasteiger partial charge in [0.05, 0.1) is 0 Å². The molecule has 0 nitrogen and oxygen atoms in total. The Balaban J connectivity index is 2.20. The number of halogens is 1. The molecule has 0 spiro atoms. The fourth-order valence-corrected chi connectivity index (χ4v) is 2.46. The summed E-state index contributed by atoms with van der Waals surface area (Å²) in [5.41, 5.74) is 0. The molecule has 0 N–H and O–H groups in total. The number of hydrogen-bond acceptors (Lipinski definition) is 0. The van der Waals surface area contributed by atoms with E-state index >= 15 is 0 Å². The van der Waals surface area contributed by atoms with E-state index < -0.39 is 0 Å². The number of allylic oxidation sites excluding steroid dienone is 1. The number of unbranched alkanes of at least 4 members (excludes halogenated alkanes) is 1. The average molecular weight is 187 g/mol. The van der Waals surface area contributed by atoms with Crippen LogP contribution in [0.15, 0.2) is 12.7 Å². The minimum absolute atomic E-state index is 0.443. The van der Waals surface area contributed by atoms with Crippen LogP contribution in [0.5, 0.6) is 0 Å². The molecule has 1 aliphatic rings. The maximum Gasteiger partial charge on any atom is 0.0364 e. The Morgan fingerprint density at radius 2 is 2.25 bits per heavy atom. The molecule has 3 atom stereocenters. The lowest BCUT2D eigenvalue weighted by Crippen LogP contribution is -2.10. The summed E-state index contributed by atoms with van der Waals surface area (Å²) in [7, 11) is 0. The van der Waals surface area contributed by atoms with Crippen LogP contribution in [0.3, 0.4) is 0 Å². The first-order valence-electron chi connectivity index (χ1n) is 5.00. The maximum absolute atomic E-state index is 6.15. The van der Waals surface area contributed by atoms with Crippen LogP contribution in [-0.2, 0) is 0 Å². The van der Waals surface area contributed by atoms with Gasteiger partial charge < -0.3 is 0 Å². The van der Waals surface area contributed by atoms with Gasteiger partial charge in [0.15, 0.2) is 0 Å². The fraction of sp³-hybridized carbons (Fsp3) is 0.818. The van der Waals surface area contributed by atoms with Crippen LogP contribution in [0.2, 0.25) is 0 Å². The summed E-state index contributed by atoms with van der Waals surface area (Å²) in [5.74, 6) is 1.61. The van der Waals surface area contributed by atoms with Crippen LogP contribution in [0, 0.1) is 11.8 Å². The summed E-state index contributed by atoms with van der Waals surface area (Å²) in [4.78, 5) is 0. The predicted octanol–water partition coefficient (Wildman–Crippen LogP) is 4.00. The number of rotatable bonds is 4. The Morgan fingerprint density at radius 3 is 2.75 bits per heavy atom. The summed E-state index contributed by atoms with van der Waals surface area (Å²) >= 11 is 6.15. The van der Waals surface area contributed by atoms with E-state index in [0.717, 1.165) is 18.3 Å². The van der Waals surface area contributed by atoms with Gasteiger partial charge >= 0.3 is 0 Å². The molecule has 1 fully saturated rings. The zero-order valence-electron chi connectivity index (χ0n) is 7.93. The molecule has 0 aliphatic heterocycles. The minimum atomic E-state index is 0.443. The van der Waals surface area contributed by atoms with Crippen molar-refractivity contribution in [1.82, 2.24) is 0 Å². The summed E-state index contributed by atoms with van der Waals surface area (Å²) < 4.78 is 0. The van der Waals surface area contributed by atoms with Gasteiger partial charge in [0, 0.05) is 5.38 Å². The Morgan fingerprint density at radius 1 is 1.50 bits per heavy atom. The van der Waals surface area contributed by atoms with Gasteiger partial charge in [-0.25, -0.2) is 0 Å². The van der Waals surface area contributed by atoms with Gasteiger partial charge in [-0.15, -0.1) is 18.2 Å². The topological polar surface area (TPSA) is 0 Å². The Kier molecular flexibility index (Phi) is 4.14. The average Bonchev–Trinajstić information content (AvgIpc) is 2.36. The van der Waals surface area contributed by atoms with Crippen LogP contribution < -0.4 is 0 Å². The van der Waals surface area contributed by atoms with Crippen LogP contribution >= 0.6 is 11.6 Å². The van der Waals surface area contributed by atoms with E-state index in [1.165, 1.54) is 25.7 Å². The lowest BCUT2D eigenvalue weighted by atomic mass is 9.92. The molecule has 0 amide bonds. The smallest absolute Gasteiger partial charge is 0.0364 e. The van der Waals surface area contributed by atoms with Gasteiger partial charge in [-0.05, 0) is 43.9 Å². The quantitative estimate of drug-likeness (QED) is 0.354. The van der Waals surface area contributed by atoms with Gasteiger partial charge in [0.1, 0.15) is 0 Å². The second-order valence-corrected chi connectivity index (χ2v) is 4.49. The molecule has 1 aliphatic carbocycles. The molecule has 1 heteroatoms. The molecular formula is C11H19Cl. The van der Waals surface area contributed by atoms with Gasteiger partial charge in [0.2, 0.25) is 0 Å².